The topological polar surface area (TPSA) is 61.8 Å². The van der Waals surface area contributed by atoms with Crippen LogP contribution in [0.4, 0.5) is 0 Å². The van der Waals surface area contributed by atoms with Crippen molar-refractivity contribution in [1.82, 2.24) is 0 Å². The minimum atomic E-state index is -0.540. The van der Waals surface area contributed by atoms with Crippen LogP contribution in [0.5, 0.6) is 0 Å². The quantitative estimate of drug-likeness (QED) is 0.0345. The summed E-state index contributed by atoms with van der Waals surface area (Å²) in [6.45, 7) is 7.84. The first-order chi connectivity index (χ1) is 32.6. The molecule has 0 rings (SSSR count). The first-order valence-electron chi connectivity index (χ1n) is 29.5. The molecule has 0 aromatic carbocycles. The van der Waals surface area contributed by atoms with E-state index in [9.17, 15) is 9.59 Å². The van der Waals surface area contributed by atoms with Crippen molar-refractivity contribution in [3.05, 3.63) is 36.5 Å². The molecule has 0 aromatic heterocycles. The van der Waals surface area contributed by atoms with E-state index in [1.165, 1.54) is 244 Å². The molecule has 0 amide bonds. The molecule has 0 spiro atoms. The summed E-state index contributed by atoms with van der Waals surface area (Å²) in [5.74, 6) is -0.391. The summed E-state index contributed by atoms with van der Waals surface area (Å²) in [6.07, 6.45) is 70.2. The van der Waals surface area contributed by atoms with Gasteiger partial charge >= 0.3 is 11.9 Å². The maximum absolute atomic E-state index is 12.9. The zero-order valence-electron chi connectivity index (χ0n) is 44.7. The Morgan fingerprint density at radius 2 is 0.591 bits per heavy atom. The molecular formula is C61H114O5. The van der Waals surface area contributed by atoms with Gasteiger partial charge in [-0.1, -0.05) is 243 Å². The van der Waals surface area contributed by atoms with Gasteiger partial charge in [0.25, 0.3) is 0 Å². The number of unbranched alkanes of at least 4 members (excludes halogenated alkanes) is 38. The SMILES string of the molecule is CCCCCC/C=C\CCCCCCCCOCC(COC(=O)CCCCCCCCCCC/C=C\CCCCCCCC)OC(=O)CCCCCCCCC/C=C\CCCCCCCC. The average molecular weight is 928 g/mol. The maximum atomic E-state index is 12.9. The van der Waals surface area contributed by atoms with Crippen molar-refractivity contribution in [3.63, 3.8) is 0 Å². The third-order valence-electron chi connectivity index (χ3n) is 13.1. The molecular weight excluding hydrogens is 813 g/mol. The predicted molar refractivity (Wildman–Crippen MR) is 288 cm³/mol. The normalized spacial score (nSPS) is 12.3. The number of hydrogen-bond acceptors (Lipinski definition) is 5. The molecule has 388 valence electrons. The van der Waals surface area contributed by atoms with Crippen LogP contribution in [0.25, 0.3) is 0 Å². The van der Waals surface area contributed by atoms with Gasteiger partial charge in [-0.25, -0.2) is 0 Å². The van der Waals surface area contributed by atoms with E-state index >= 15 is 0 Å². The van der Waals surface area contributed by atoms with Crippen molar-refractivity contribution < 1.29 is 23.8 Å². The standard InChI is InChI=1S/C61H114O5/c1-4-7-10-13-16-19-22-25-28-30-31-33-34-36-39-42-45-48-51-54-60(62)65-58-59(57-64-56-53-50-47-44-41-38-27-24-21-18-15-12-9-6-3)66-61(63)55-52-49-46-43-40-37-35-32-29-26-23-20-17-14-11-8-5-2/h21,24-26,28-29,59H,4-20,22-23,27,30-58H2,1-3H3/b24-21-,28-25-,29-26-. The highest BCUT2D eigenvalue weighted by Gasteiger charge is 2.17. The number of ether oxygens (including phenoxy) is 3. The van der Waals surface area contributed by atoms with E-state index in [4.69, 9.17) is 14.2 Å². The van der Waals surface area contributed by atoms with Crippen LogP contribution < -0.4 is 0 Å². The molecule has 5 heteroatoms. The molecule has 0 radical (unpaired) electrons. The van der Waals surface area contributed by atoms with Gasteiger partial charge < -0.3 is 14.2 Å². The van der Waals surface area contributed by atoms with Gasteiger partial charge in [-0.2, -0.15) is 0 Å². The molecule has 66 heavy (non-hydrogen) atoms. The lowest BCUT2D eigenvalue weighted by Gasteiger charge is -2.18. The molecule has 0 aliphatic heterocycles. The summed E-state index contributed by atoms with van der Waals surface area (Å²) in [7, 11) is 0. The van der Waals surface area contributed by atoms with E-state index in [-0.39, 0.29) is 25.2 Å². The van der Waals surface area contributed by atoms with E-state index in [0.29, 0.717) is 19.4 Å². The molecule has 5 nitrogen and oxygen atoms in total. The number of carbonyl (C=O) groups is 2. The van der Waals surface area contributed by atoms with Gasteiger partial charge in [-0.15, -0.1) is 0 Å². The van der Waals surface area contributed by atoms with Crippen LogP contribution in [-0.4, -0.2) is 37.9 Å². The maximum Gasteiger partial charge on any atom is 0.306 e. The van der Waals surface area contributed by atoms with Crippen molar-refractivity contribution in [3.8, 4) is 0 Å². The Morgan fingerprint density at radius 1 is 0.318 bits per heavy atom. The lowest BCUT2D eigenvalue weighted by atomic mass is 10.1. The molecule has 0 saturated carbocycles. The van der Waals surface area contributed by atoms with E-state index in [0.717, 1.165) is 38.5 Å². The lowest BCUT2D eigenvalue weighted by Crippen LogP contribution is -2.30. The van der Waals surface area contributed by atoms with Gasteiger partial charge in [0, 0.05) is 19.4 Å². The van der Waals surface area contributed by atoms with Gasteiger partial charge in [0.15, 0.2) is 6.10 Å². The second-order valence-corrected chi connectivity index (χ2v) is 19.9. The van der Waals surface area contributed by atoms with Crippen LogP contribution in [0.3, 0.4) is 0 Å². The fourth-order valence-corrected chi connectivity index (χ4v) is 8.67. The highest BCUT2D eigenvalue weighted by molar-refractivity contribution is 5.70. The summed E-state index contributed by atoms with van der Waals surface area (Å²) in [6, 6.07) is 0. The Bertz CT molecular complexity index is 1050. The number of rotatable bonds is 55. The van der Waals surface area contributed by atoms with Crippen LogP contribution in [0.1, 0.15) is 316 Å². The molecule has 0 saturated heterocycles. The Kier molecular flexibility index (Phi) is 55.8. The average Bonchev–Trinajstić information content (AvgIpc) is 3.32. The first kappa shape index (κ1) is 64.1. The summed E-state index contributed by atoms with van der Waals surface area (Å²) >= 11 is 0. The van der Waals surface area contributed by atoms with E-state index in [2.05, 4.69) is 57.2 Å². The second kappa shape index (κ2) is 57.4. The van der Waals surface area contributed by atoms with Crippen LogP contribution in [0.15, 0.2) is 36.5 Å². The van der Waals surface area contributed by atoms with Gasteiger partial charge in [0.2, 0.25) is 0 Å². The van der Waals surface area contributed by atoms with Gasteiger partial charge in [-0.05, 0) is 96.3 Å². The Labute approximate surface area is 412 Å². The van der Waals surface area contributed by atoms with Crippen molar-refractivity contribution in [2.45, 2.75) is 322 Å². The van der Waals surface area contributed by atoms with Crippen LogP contribution in [0.2, 0.25) is 0 Å². The van der Waals surface area contributed by atoms with E-state index in [1.54, 1.807) is 0 Å². The highest BCUT2D eigenvalue weighted by Crippen LogP contribution is 2.16. The fraction of sp³-hybridized carbons (Fsp3) is 0.869. The predicted octanol–water partition coefficient (Wildman–Crippen LogP) is 20.1. The molecule has 0 N–H and O–H groups in total. The van der Waals surface area contributed by atoms with Crippen molar-refractivity contribution in [1.29, 1.82) is 0 Å². The number of hydrogen-bond donors (Lipinski definition) is 0. The third kappa shape index (κ3) is 54.7. The first-order valence-corrected chi connectivity index (χ1v) is 29.5. The highest BCUT2D eigenvalue weighted by atomic mass is 16.6. The Balaban J connectivity index is 4.23. The van der Waals surface area contributed by atoms with E-state index < -0.39 is 6.10 Å². The van der Waals surface area contributed by atoms with Crippen LogP contribution >= 0.6 is 0 Å². The minimum Gasteiger partial charge on any atom is -0.462 e. The lowest BCUT2D eigenvalue weighted by molar-refractivity contribution is -0.163. The molecule has 0 aromatic rings. The summed E-state index contributed by atoms with van der Waals surface area (Å²) in [5, 5.41) is 0. The summed E-state index contributed by atoms with van der Waals surface area (Å²) < 4.78 is 17.5. The molecule has 0 aliphatic carbocycles. The summed E-state index contributed by atoms with van der Waals surface area (Å²) in [5.41, 5.74) is 0. The second-order valence-electron chi connectivity index (χ2n) is 19.9. The minimum absolute atomic E-state index is 0.0842. The van der Waals surface area contributed by atoms with Crippen molar-refractivity contribution >= 4 is 11.9 Å². The number of carbonyl (C=O) groups excluding carboxylic acids is 2. The van der Waals surface area contributed by atoms with E-state index in [1.807, 2.05) is 0 Å². The molecule has 1 unspecified atom stereocenters. The fourth-order valence-electron chi connectivity index (χ4n) is 8.67. The van der Waals surface area contributed by atoms with Crippen molar-refractivity contribution in [2.75, 3.05) is 19.8 Å². The Hall–Kier alpha value is -1.88. The Morgan fingerprint density at radius 3 is 0.939 bits per heavy atom. The third-order valence-corrected chi connectivity index (χ3v) is 13.1. The summed E-state index contributed by atoms with van der Waals surface area (Å²) in [4.78, 5) is 25.5. The number of allylic oxidation sites excluding steroid dienone is 6. The van der Waals surface area contributed by atoms with Gasteiger partial charge in [-0.3, -0.25) is 9.59 Å². The molecule has 1 atom stereocenters. The zero-order valence-corrected chi connectivity index (χ0v) is 44.7. The monoisotopic (exact) mass is 927 g/mol. The molecule has 0 heterocycles. The molecule has 0 bridgehead atoms. The van der Waals surface area contributed by atoms with Gasteiger partial charge in [0.1, 0.15) is 6.61 Å². The zero-order chi connectivity index (χ0) is 47.7. The largest absolute Gasteiger partial charge is 0.462 e. The molecule has 0 aliphatic rings. The molecule has 0 fully saturated rings. The van der Waals surface area contributed by atoms with Crippen LogP contribution in [0, 0.1) is 0 Å². The van der Waals surface area contributed by atoms with Crippen molar-refractivity contribution in [2.24, 2.45) is 0 Å². The van der Waals surface area contributed by atoms with Gasteiger partial charge in [0.05, 0.1) is 6.61 Å². The number of esters is 2. The smallest absolute Gasteiger partial charge is 0.306 e. The van der Waals surface area contributed by atoms with Crippen LogP contribution in [-0.2, 0) is 23.8 Å².